The smallest absolute Gasteiger partial charge is 0.227 e. The lowest BCUT2D eigenvalue weighted by Gasteiger charge is -2.17. The van der Waals surface area contributed by atoms with Crippen molar-refractivity contribution in [2.45, 2.75) is 31.9 Å². The first kappa shape index (κ1) is 20.0. The molecule has 1 fully saturated rings. The highest BCUT2D eigenvalue weighted by Crippen LogP contribution is 2.22. The molecule has 0 radical (unpaired) electrons. The molecule has 0 aliphatic carbocycles. The van der Waals surface area contributed by atoms with E-state index >= 15 is 0 Å². The van der Waals surface area contributed by atoms with Gasteiger partial charge in [0.15, 0.2) is 0 Å². The van der Waals surface area contributed by atoms with Crippen LogP contribution in [0.4, 0.5) is 27.8 Å². The first-order chi connectivity index (χ1) is 14.7. The minimum absolute atomic E-state index is 0.108. The molecule has 1 aliphatic heterocycles. The molecule has 30 heavy (non-hydrogen) atoms. The summed E-state index contributed by atoms with van der Waals surface area (Å²) >= 11 is 0. The molecule has 156 valence electrons. The van der Waals surface area contributed by atoms with E-state index in [2.05, 4.69) is 35.9 Å². The second kappa shape index (κ2) is 9.45. The molecule has 0 saturated carbocycles. The normalized spacial score (nSPS) is 16.8. The van der Waals surface area contributed by atoms with Crippen LogP contribution in [0.3, 0.4) is 0 Å². The summed E-state index contributed by atoms with van der Waals surface area (Å²) in [6.45, 7) is 3.45. The first-order valence-corrected chi connectivity index (χ1v) is 9.95. The van der Waals surface area contributed by atoms with Gasteiger partial charge in [-0.3, -0.25) is 4.98 Å². The SMILES string of the molecule is CC(Nc1nc(NC[C@@H]2CCCO2)cc(Nc2cnccn2)n1)c1ccc(F)cc1. The first-order valence-electron chi connectivity index (χ1n) is 9.95. The number of ether oxygens (including phenoxy) is 1. The second-order valence-electron chi connectivity index (χ2n) is 7.11. The molecule has 3 N–H and O–H groups in total. The summed E-state index contributed by atoms with van der Waals surface area (Å²) < 4.78 is 18.9. The van der Waals surface area contributed by atoms with Crippen LogP contribution in [0.1, 0.15) is 31.4 Å². The molecule has 2 atom stereocenters. The lowest BCUT2D eigenvalue weighted by molar-refractivity contribution is 0.120. The number of rotatable bonds is 8. The average Bonchev–Trinajstić information content (AvgIpc) is 3.27. The third-order valence-corrected chi connectivity index (χ3v) is 4.80. The standard InChI is InChI=1S/C21H24FN7O/c1-14(15-4-6-16(22)7-5-15)26-21-28-18(25-12-17-3-2-10-30-17)11-19(29-21)27-20-13-23-8-9-24-20/h4-9,11,13-14,17H,2-3,10,12H2,1H3,(H3,24,25,26,27,28,29)/t14?,17-/m0/s1. The molecule has 4 rings (SSSR count). The monoisotopic (exact) mass is 409 g/mol. The molecule has 1 unspecified atom stereocenters. The van der Waals surface area contributed by atoms with Gasteiger partial charge in [0.2, 0.25) is 5.95 Å². The second-order valence-corrected chi connectivity index (χ2v) is 7.11. The van der Waals surface area contributed by atoms with E-state index in [4.69, 9.17) is 4.74 Å². The number of hydrogen-bond donors (Lipinski definition) is 3. The zero-order chi connectivity index (χ0) is 20.8. The predicted octanol–water partition coefficient (Wildman–Crippen LogP) is 3.91. The maximum Gasteiger partial charge on any atom is 0.227 e. The van der Waals surface area contributed by atoms with Crippen molar-refractivity contribution in [3.63, 3.8) is 0 Å². The maximum atomic E-state index is 13.2. The van der Waals surface area contributed by atoms with Gasteiger partial charge in [-0.05, 0) is 37.5 Å². The molecule has 8 nitrogen and oxygen atoms in total. The van der Waals surface area contributed by atoms with Gasteiger partial charge in [0.1, 0.15) is 23.3 Å². The molecule has 3 heterocycles. The van der Waals surface area contributed by atoms with Gasteiger partial charge in [0.25, 0.3) is 0 Å². The van der Waals surface area contributed by atoms with Crippen LogP contribution >= 0.6 is 0 Å². The average molecular weight is 409 g/mol. The van der Waals surface area contributed by atoms with Crippen molar-refractivity contribution in [2.24, 2.45) is 0 Å². The van der Waals surface area contributed by atoms with Crippen molar-refractivity contribution in [2.75, 3.05) is 29.1 Å². The quantitative estimate of drug-likeness (QED) is 0.515. The Morgan fingerprint density at radius 3 is 2.70 bits per heavy atom. The van der Waals surface area contributed by atoms with E-state index in [0.717, 1.165) is 25.0 Å². The highest BCUT2D eigenvalue weighted by atomic mass is 19.1. The van der Waals surface area contributed by atoms with Crippen LogP contribution in [0.25, 0.3) is 0 Å². The summed E-state index contributed by atoms with van der Waals surface area (Å²) in [6, 6.07) is 8.07. The summed E-state index contributed by atoms with van der Waals surface area (Å²) in [5.74, 6) is 2.00. The fourth-order valence-electron chi connectivity index (χ4n) is 3.21. The molecule has 1 aliphatic rings. The molecule has 0 amide bonds. The lowest BCUT2D eigenvalue weighted by Crippen LogP contribution is -2.20. The molecule has 0 bridgehead atoms. The molecule has 1 aromatic carbocycles. The molecule has 3 aromatic rings. The van der Waals surface area contributed by atoms with Crippen LogP contribution in [-0.4, -0.2) is 39.2 Å². The van der Waals surface area contributed by atoms with Crippen LogP contribution in [0.2, 0.25) is 0 Å². The number of hydrogen-bond acceptors (Lipinski definition) is 8. The Kier molecular flexibility index (Phi) is 6.29. The van der Waals surface area contributed by atoms with Gasteiger partial charge >= 0.3 is 0 Å². The summed E-state index contributed by atoms with van der Waals surface area (Å²) in [6.07, 6.45) is 7.14. The van der Waals surface area contributed by atoms with Crippen molar-refractivity contribution in [3.8, 4) is 0 Å². The van der Waals surface area contributed by atoms with Crippen molar-refractivity contribution in [1.82, 2.24) is 19.9 Å². The van der Waals surface area contributed by atoms with Gasteiger partial charge < -0.3 is 20.7 Å². The Bertz CT molecular complexity index is 949. The highest BCUT2D eigenvalue weighted by molar-refractivity contribution is 5.58. The number of nitrogens with one attached hydrogen (secondary N) is 3. The van der Waals surface area contributed by atoms with Crippen LogP contribution in [0.5, 0.6) is 0 Å². The third-order valence-electron chi connectivity index (χ3n) is 4.80. The van der Waals surface area contributed by atoms with Crippen molar-refractivity contribution in [3.05, 3.63) is 60.3 Å². The van der Waals surface area contributed by atoms with Crippen LogP contribution < -0.4 is 16.0 Å². The topological polar surface area (TPSA) is 96.9 Å². The Balaban J connectivity index is 1.53. The van der Waals surface area contributed by atoms with Gasteiger partial charge in [0, 0.05) is 31.6 Å². The van der Waals surface area contributed by atoms with E-state index in [1.165, 1.54) is 12.1 Å². The van der Waals surface area contributed by atoms with Gasteiger partial charge in [-0.2, -0.15) is 9.97 Å². The summed E-state index contributed by atoms with van der Waals surface area (Å²) in [5, 5.41) is 9.76. The minimum atomic E-state index is -0.266. The highest BCUT2D eigenvalue weighted by Gasteiger charge is 2.16. The fourth-order valence-corrected chi connectivity index (χ4v) is 3.21. The summed E-state index contributed by atoms with van der Waals surface area (Å²) in [5.41, 5.74) is 0.932. The Morgan fingerprint density at radius 2 is 1.97 bits per heavy atom. The number of benzene rings is 1. The van der Waals surface area contributed by atoms with Gasteiger partial charge in [0.05, 0.1) is 18.3 Å². The summed E-state index contributed by atoms with van der Waals surface area (Å²) in [4.78, 5) is 17.4. The molecule has 9 heteroatoms. The Labute approximate surface area is 174 Å². The molecule has 1 saturated heterocycles. The van der Waals surface area contributed by atoms with E-state index in [1.807, 2.05) is 13.0 Å². The zero-order valence-corrected chi connectivity index (χ0v) is 16.7. The Morgan fingerprint density at radius 1 is 1.13 bits per heavy atom. The molecule has 0 spiro atoms. The van der Waals surface area contributed by atoms with Crippen molar-refractivity contribution >= 4 is 23.4 Å². The van der Waals surface area contributed by atoms with Crippen molar-refractivity contribution in [1.29, 1.82) is 0 Å². The van der Waals surface area contributed by atoms with E-state index in [9.17, 15) is 4.39 Å². The number of nitrogens with zero attached hydrogens (tertiary/aromatic N) is 4. The summed E-state index contributed by atoms with van der Waals surface area (Å²) in [7, 11) is 0. The lowest BCUT2D eigenvalue weighted by atomic mass is 10.1. The maximum absolute atomic E-state index is 13.2. The van der Waals surface area contributed by atoms with E-state index in [1.54, 1.807) is 30.7 Å². The number of aromatic nitrogens is 4. The predicted molar refractivity (Wildman–Crippen MR) is 113 cm³/mol. The molecular weight excluding hydrogens is 385 g/mol. The van der Waals surface area contributed by atoms with Gasteiger partial charge in [-0.25, -0.2) is 9.37 Å². The van der Waals surface area contributed by atoms with Gasteiger partial charge in [-0.1, -0.05) is 12.1 Å². The fraction of sp³-hybridized carbons (Fsp3) is 0.333. The van der Waals surface area contributed by atoms with E-state index < -0.39 is 0 Å². The largest absolute Gasteiger partial charge is 0.376 e. The van der Waals surface area contributed by atoms with Crippen LogP contribution in [0.15, 0.2) is 48.9 Å². The van der Waals surface area contributed by atoms with E-state index in [-0.39, 0.29) is 18.0 Å². The zero-order valence-electron chi connectivity index (χ0n) is 16.7. The van der Waals surface area contributed by atoms with Crippen LogP contribution in [-0.2, 0) is 4.74 Å². The number of anilines is 4. The van der Waals surface area contributed by atoms with Crippen molar-refractivity contribution < 1.29 is 9.13 Å². The molecular formula is C21H24FN7O. The van der Waals surface area contributed by atoms with E-state index in [0.29, 0.717) is 29.9 Å². The van der Waals surface area contributed by atoms with Gasteiger partial charge in [-0.15, -0.1) is 0 Å². The van der Waals surface area contributed by atoms with Crippen LogP contribution in [0, 0.1) is 5.82 Å². The molecule has 2 aromatic heterocycles. The number of halogens is 1. The Hall–Kier alpha value is -3.33. The third kappa shape index (κ3) is 5.38. The minimum Gasteiger partial charge on any atom is -0.376 e.